The molecule has 2 saturated heterocycles. The Bertz CT molecular complexity index is 1730. The quantitative estimate of drug-likeness (QED) is 0.411. The highest BCUT2D eigenvalue weighted by atomic mass is 35.5. The number of thiazole rings is 1. The van der Waals surface area contributed by atoms with Gasteiger partial charge in [-0.2, -0.15) is 4.98 Å². The number of halogens is 2. The van der Waals surface area contributed by atoms with Gasteiger partial charge < -0.3 is 26.0 Å². The van der Waals surface area contributed by atoms with Gasteiger partial charge in [0.1, 0.15) is 18.3 Å². The molecule has 1 saturated carbocycles. The molecule has 0 spiro atoms. The fourth-order valence-electron chi connectivity index (χ4n) is 7.21. The van der Waals surface area contributed by atoms with Gasteiger partial charge in [0.25, 0.3) is 0 Å². The van der Waals surface area contributed by atoms with Gasteiger partial charge in [0.05, 0.1) is 26.5 Å². The second-order valence-corrected chi connectivity index (χ2v) is 13.0. The van der Waals surface area contributed by atoms with Crippen LogP contribution < -0.4 is 41.6 Å². The third-order valence-electron chi connectivity index (χ3n) is 9.15. The Morgan fingerprint density at radius 2 is 2.07 bits per heavy atom. The third kappa shape index (κ3) is 4.54. The molecule has 7 rings (SSSR count). The third-order valence-corrected chi connectivity index (χ3v) is 10.4. The van der Waals surface area contributed by atoms with E-state index < -0.39 is 5.83 Å². The molecule has 3 fully saturated rings. The molecule has 9 nitrogen and oxygen atoms in total. The van der Waals surface area contributed by atoms with Crippen molar-refractivity contribution in [2.45, 2.75) is 56.3 Å². The molecule has 4 aliphatic rings. The first-order valence-electron chi connectivity index (χ1n) is 14.2. The predicted molar refractivity (Wildman–Crippen MR) is 162 cm³/mol. The number of benzene rings is 1. The minimum atomic E-state index is -0.519. The summed E-state index contributed by atoms with van der Waals surface area (Å²) in [4.78, 5) is 25.2. The Morgan fingerprint density at radius 1 is 1.29 bits per heavy atom. The van der Waals surface area contributed by atoms with Gasteiger partial charge in [-0.1, -0.05) is 29.5 Å². The maximum absolute atomic E-state index is 14.7. The zero-order valence-electron chi connectivity index (χ0n) is 22.8. The van der Waals surface area contributed by atoms with E-state index in [0.717, 1.165) is 68.0 Å². The van der Waals surface area contributed by atoms with Crippen LogP contribution in [-0.2, 0) is 0 Å². The van der Waals surface area contributed by atoms with Crippen molar-refractivity contribution in [1.29, 1.82) is 0 Å². The van der Waals surface area contributed by atoms with Gasteiger partial charge in [-0.3, -0.25) is 4.57 Å². The van der Waals surface area contributed by atoms with E-state index in [9.17, 15) is 9.18 Å². The maximum atomic E-state index is 14.7. The molecule has 41 heavy (non-hydrogen) atoms. The summed E-state index contributed by atoms with van der Waals surface area (Å²) in [6, 6.07) is 2.87. The average Bonchev–Trinajstić information content (AvgIpc) is 3.69. The number of fused-ring (bicyclic) bond motifs is 2. The van der Waals surface area contributed by atoms with Crippen molar-refractivity contribution in [3.05, 3.63) is 49.7 Å². The van der Waals surface area contributed by atoms with E-state index in [1.807, 2.05) is 17.7 Å². The van der Waals surface area contributed by atoms with Crippen LogP contribution in [0.5, 0.6) is 5.75 Å². The molecule has 0 radical (unpaired) electrons. The summed E-state index contributed by atoms with van der Waals surface area (Å²) in [6.45, 7) is 5.42. The van der Waals surface area contributed by atoms with Crippen molar-refractivity contribution in [3.8, 4) is 5.75 Å². The Hall–Kier alpha value is -2.99. The lowest BCUT2D eigenvalue weighted by Crippen LogP contribution is -2.52. The number of hydrogen-bond acceptors (Lipinski definition) is 9. The molecule has 2 aromatic heterocycles. The minimum absolute atomic E-state index is 0.150. The first kappa shape index (κ1) is 26.9. The van der Waals surface area contributed by atoms with Crippen LogP contribution in [-0.4, -0.2) is 59.4 Å². The number of nitrogen functional groups attached to an aromatic ring is 1. The largest absolute Gasteiger partial charge is 0.489 e. The molecule has 1 aromatic carbocycles. The molecule has 5 unspecified atom stereocenters. The van der Waals surface area contributed by atoms with Crippen molar-refractivity contribution < 1.29 is 9.13 Å². The number of piperazine rings is 1. The van der Waals surface area contributed by atoms with Gasteiger partial charge in [0.15, 0.2) is 10.9 Å². The lowest BCUT2D eigenvalue weighted by Gasteiger charge is -2.37. The smallest absolute Gasteiger partial charge is 0.350 e. The predicted octanol–water partition coefficient (Wildman–Crippen LogP) is 2.44. The zero-order valence-corrected chi connectivity index (χ0v) is 24.4. The summed E-state index contributed by atoms with van der Waals surface area (Å²) in [5, 5.41) is 8.80. The van der Waals surface area contributed by atoms with Crippen LogP contribution in [0.25, 0.3) is 22.8 Å². The first-order chi connectivity index (χ1) is 19.8. The van der Waals surface area contributed by atoms with Crippen LogP contribution in [0.15, 0.2) is 23.5 Å². The fourth-order valence-corrected chi connectivity index (χ4v) is 8.20. The maximum Gasteiger partial charge on any atom is 0.350 e. The highest BCUT2D eigenvalue weighted by molar-refractivity contribution is 7.13. The SMILES string of the molecule is C=C/C(F)=c1/sc(N)n/c1=C\c1c(Cl)cc2c(N3CC4CCC(C3)N4)nc(=O)n3c2c1OCC3C1CCC(NC)C1. The van der Waals surface area contributed by atoms with E-state index in [1.165, 1.54) is 0 Å². The molecule has 5 atom stereocenters. The number of hydrogen-bond donors (Lipinski definition) is 3. The van der Waals surface area contributed by atoms with Gasteiger partial charge in [0.2, 0.25) is 0 Å². The van der Waals surface area contributed by atoms with E-state index in [0.29, 0.717) is 57.8 Å². The number of anilines is 2. The molecule has 0 amide bonds. The standard InChI is InChI=1S/C29H33ClFN7O2S/c1-3-21(31)26-22(35-28(32)41-26)10-18-20(30)9-19-24-25(18)40-13-23(14-4-5-15(8-14)33-2)38(24)29(39)36-27(19)37-11-16-6-7-17(12-37)34-16/h3,9-10,14-17,23,33-34H,1,4-8,11-13H2,2H3,(H2,32,35)/b22-10-,26-21-. The van der Waals surface area contributed by atoms with Crippen LogP contribution in [0, 0.1) is 5.92 Å². The van der Waals surface area contributed by atoms with Gasteiger partial charge >= 0.3 is 5.69 Å². The molecule has 5 heterocycles. The second-order valence-electron chi connectivity index (χ2n) is 11.5. The number of rotatable bonds is 5. The second kappa shape index (κ2) is 10.4. The summed E-state index contributed by atoms with van der Waals surface area (Å²) in [7, 11) is 1.98. The highest BCUT2D eigenvalue weighted by Gasteiger charge is 2.39. The molecule has 3 aliphatic heterocycles. The van der Waals surface area contributed by atoms with Gasteiger partial charge in [-0.25, -0.2) is 14.2 Å². The number of nitrogens with two attached hydrogens (primary N) is 1. The Labute approximate surface area is 245 Å². The molecule has 12 heteroatoms. The number of allylic oxidation sites excluding steroid dienone is 1. The van der Waals surface area contributed by atoms with Crippen LogP contribution in [0.3, 0.4) is 0 Å². The molecule has 2 bridgehead atoms. The average molecular weight is 598 g/mol. The van der Waals surface area contributed by atoms with E-state index >= 15 is 0 Å². The number of nitrogens with one attached hydrogen (secondary N) is 2. The van der Waals surface area contributed by atoms with E-state index in [2.05, 4.69) is 27.1 Å². The minimum Gasteiger partial charge on any atom is -0.489 e. The normalized spacial score (nSPS) is 28.3. The topological polar surface area (TPSA) is 110 Å². The lowest BCUT2D eigenvalue weighted by molar-refractivity contribution is 0.180. The molecule has 3 aromatic rings. The Kier molecular flexibility index (Phi) is 6.80. The Balaban J connectivity index is 1.47. The summed E-state index contributed by atoms with van der Waals surface area (Å²) in [6.07, 6.45) is 8.05. The van der Waals surface area contributed by atoms with Crippen LogP contribution in [0.2, 0.25) is 5.02 Å². The fraction of sp³-hybridized carbons (Fsp3) is 0.483. The lowest BCUT2D eigenvalue weighted by atomic mass is 9.95. The summed E-state index contributed by atoms with van der Waals surface area (Å²) in [5.74, 6) is 0.882. The molecular weight excluding hydrogens is 565 g/mol. The number of ether oxygens (including phenoxy) is 1. The van der Waals surface area contributed by atoms with Crippen LogP contribution in [0.1, 0.15) is 43.7 Å². The van der Waals surface area contributed by atoms with Crippen LogP contribution >= 0.6 is 22.9 Å². The Morgan fingerprint density at radius 3 is 2.78 bits per heavy atom. The molecule has 216 valence electrons. The first-order valence-corrected chi connectivity index (χ1v) is 15.4. The number of nitrogens with zero attached hydrogens (tertiary/aromatic N) is 4. The van der Waals surface area contributed by atoms with E-state index in [1.54, 1.807) is 6.08 Å². The molecular formula is C29H33ClFN7O2S. The number of aromatic nitrogens is 3. The van der Waals surface area contributed by atoms with E-state index in [4.69, 9.17) is 27.1 Å². The van der Waals surface area contributed by atoms with Gasteiger partial charge in [0, 0.05) is 42.2 Å². The summed E-state index contributed by atoms with van der Waals surface area (Å²) < 4.78 is 23.3. The van der Waals surface area contributed by atoms with Gasteiger partial charge in [-0.15, -0.1) is 0 Å². The van der Waals surface area contributed by atoms with Crippen molar-refractivity contribution in [1.82, 2.24) is 25.2 Å². The monoisotopic (exact) mass is 597 g/mol. The van der Waals surface area contributed by atoms with Crippen LogP contribution in [0.4, 0.5) is 15.3 Å². The van der Waals surface area contributed by atoms with Gasteiger partial charge in [-0.05, 0) is 63.3 Å². The van der Waals surface area contributed by atoms with Crippen molar-refractivity contribution in [2.75, 3.05) is 37.4 Å². The van der Waals surface area contributed by atoms with Crippen molar-refractivity contribution in [2.24, 2.45) is 5.92 Å². The molecule has 4 N–H and O–H groups in total. The van der Waals surface area contributed by atoms with E-state index in [-0.39, 0.29) is 27.3 Å². The van der Waals surface area contributed by atoms with Crippen molar-refractivity contribution in [3.63, 3.8) is 0 Å². The van der Waals surface area contributed by atoms with Crippen molar-refractivity contribution >= 4 is 56.7 Å². The zero-order chi connectivity index (χ0) is 28.4. The molecule has 1 aliphatic carbocycles. The summed E-state index contributed by atoms with van der Waals surface area (Å²) >= 11 is 8.01. The summed E-state index contributed by atoms with van der Waals surface area (Å²) in [5.41, 5.74) is 6.90. The highest BCUT2D eigenvalue weighted by Crippen LogP contribution is 2.45.